The maximum Gasteiger partial charge on any atom is 0.221 e. The lowest BCUT2D eigenvalue weighted by atomic mass is 10.2. The van der Waals surface area contributed by atoms with Crippen molar-refractivity contribution in [3.05, 3.63) is 72.2 Å². The number of carbonyl (C=O) groups excluding carboxylic acids is 1. The van der Waals surface area contributed by atoms with Crippen LogP contribution in [0.2, 0.25) is 0 Å². The lowest BCUT2D eigenvalue weighted by Crippen LogP contribution is -2.22. The summed E-state index contributed by atoms with van der Waals surface area (Å²) in [5.74, 6) is 1.72. The number of imidazole rings is 1. The molecule has 2 heterocycles. The molecule has 118 valence electrons. The Labute approximate surface area is 139 Å². The highest BCUT2D eigenvalue weighted by atomic mass is 32.2. The van der Waals surface area contributed by atoms with Gasteiger partial charge in [0.25, 0.3) is 0 Å². The molecule has 0 aliphatic heterocycles. The van der Waals surface area contributed by atoms with Crippen LogP contribution in [-0.4, -0.2) is 21.0 Å². The molecule has 0 fully saturated rings. The molecule has 0 radical (unpaired) electrons. The number of carbonyl (C=O) groups is 1. The number of fused-ring (bicyclic) bond motifs is 1. The van der Waals surface area contributed by atoms with Crippen molar-refractivity contribution >= 4 is 23.3 Å². The lowest BCUT2D eigenvalue weighted by molar-refractivity contribution is -0.120. The molecule has 2 aromatic heterocycles. The minimum absolute atomic E-state index is 0.0938. The van der Waals surface area contributed by atoms with Gasteiger partial charge in [0.15, 0.2) is 0 Å². The molecule has 1 N–H and O–H groups in total. The molecule has 5 heteroatoms. The molecular weight excluding hydrogens is 306 g/mol. The van der Waals surface area contributed by atoms with E-state index in [9.17, 15) is 4.79 Å². The van der Waals surface area contributed by atoms with Gasteiger partial charge in [0, 0.05) is 36.9 Å². The first-order valence-electron chi connectivity index (χ1n) is 7.62. The van der Waals surface area contributed by atoms with Crippen molar-refractivity contribution in [3.8, 4) is 0 Å². The smallest absolute Gasteiger partial charge is 0.221 e. The van der Waals surface area contributed by atoms with E-state index in [1.807, 2.05) is 65.3 Å². The van der Waals surface area contributed by atoms with E-state index in [2.05, 4.69) is 10.3 Å². The molecule has 23 heavy (non-hydrogen) atoms. The standard InChI is InChI=1S/C18H19N3OS/c22-18(19-12-15-6-2-1-3-7-15)9-11-23-14-16-13-21-10-5-4-8-17(21)20-16/h1-8,10,13H,9,11-12,14H2,(H,19,22). The fourth-order valence-corrected chi connectivity index (χ4v) is 3.11. The van der Waals surface area contributed by atoms with Crippen molar-refractivity contribution < 1.29 is 4.79 Å². The zero-order valence-electron chi connectivity index (χ0n) is 12.8. The third-order valence-electron chi connectivity index (χ3n) is 3.47. The second-order valence-corrected chi connectivity index (χ2v) is 6.37. The second-order valence-electron chi connectivity index (χ2n) is 5.26. The van der Waals surface area contributed by atoms with E-state index in [1.54, 1.807) is 11.8 Å². The van der Waals surface area contributed by atoms with Crippen LogP contribution in [0.5, 0.6) is 0 Å². The fraction of sp³-hybridized carbons (Fsp3) is 0.222. The Bertz CT molecular complexity index is 737. The highest BCUT2D eigenvalue weighted by Crippen LogP contribution is 2.13. The molecule has 0 aliphatic carbocycles. The molecule has 0 saturated carbocycles. The average molecular weight is 325 g/mol. The van der Waals surface area contributed by atoms with Crippen molar-refractivity contribution in [3.63, 3.8) is 0 Å². The van der Waals surface area contributed by atoms with E-state index in [0.29, 0.717) is 13.0 Å². The summed E-state index contributed by atoms with van der Waals surface area (Å²) in [5.41, 5.74) is 3.13. The van der Waals surface area contributed by atoms with Gasteiger partial charge < -0.3 is 9.72 Å². The summed E-state index contributed by atoms with van der Waals surface area (Å²) >= 11 is 1.73. The maximum atomic E-state index is 11.8. The highest BCUT2D eigenvalue weighted by molar-refractivity contribution is 7.98. The number of rotatable bonds is 7. The van der Waals surface area contributed by atoms with Crippen LogP contribution in [0, 0.1) is 0 Å². The topological polar surface area (TPSA) is 46.4 Å². The van der Waals surface area contributed by atoms with Crippen LogP contribution in [0.4, 0.5) is 0 Å². The van der Waals surface area contributed by atoms with Gasteiger partial charge in [-0.05, 0) is 17.7 Å². The van der Waals surface area contributed by atoms with E-state index in [-0.39, 0.29) is 5.91 Å². The van der Waals surface area contributed by atoms with Crippen molar-refractivity contribution in [2.24, 2.45) is 0 Å². The summed E-state index contributed by atoms with van der Waals surface area (Å²) in [7, 11) is 0. The lowest BCUT2D eigenvalue weighted by Gasteiger charge is -2.05. The monoisotopic (exact) mass is 325 g/mol. The third kappa shape index (κ3) is 4.60. The first-order valence-corrected chi connectivity index (χ1v) is 8.78. The second kappa shape index (κ2) is 7.83. The zero-order valence-corrected chi connectivity index (χ0v) is 13.6. The fourth-order valence-electron chi connectivity index (χ4n) is 2.28. The Morgan fingerprint density at radius 2 is 1.96 bits per heavy atom. The molecule has 3 aromatic rings. The Kier molecular flexibility index (Phi) is 5.32. The molecule has 3 rings (SSSR count). The number of amides is 1. The van der Waals surface area contributed by atoms with Crippen LogP contribution in [0.15, 0.2) is 60.9 Å². The molecule has 0 bridgehead atoms. The van der Waals surface area contributed by atoms with Gasteiger partial charge in [0.05, 0.1) is 5.69 Å². The molecule has 0 saturated heterocycles. The molecular formula is C18H19N3OS. The van der Waals surface area contributed by atoms with Gasteiger partial charge in [-0.1, -0.05) is 36.4 Å². The first-order chi connectivity index (χ1) is 11.3. The quantitative estimate of drug-likeness (QED) is 0.678. The van der Waals surface area contributed by atoms with Crippen LogP contribution in [0.3, 0.4) is 0 Å². The number of hydrogen-bond acceptors (Lipinski definition) is 3. The van der Waals surface area contributed by atoms with Crippen LogP contribution in [-0.2, 0) is 17.1 Å². The highest BCUT2D eigenvalue weighted by Gasteiger charge is 2.04. The van der Waals surface area contributed by atoms with Crippen LogP contribution >= 0.6 is 11.8 Å². The van der Waals surface area contributed by atoms with E-state index >= 15 is 0 Å². The van der Waals surface area contributed by atoms with Gasteiger partial charge in [-0.3, -0.25) is 4.79 Å². The normalized spacial score (nSPS) is 10.8. The summed E-state index contributed by atoms with van der Waals surface area (Å²) in [4.78, 5) is 16.4. The summed E-state index contributed by atoms with van der Waals surface area (Å²) in [5, 5.41) is 2.95. The third-order valence-corrected chi connectivity index (χ3v) is 4.46. The van der Waals surface area contributed by atoms with Gasteiger partial charge in [-0.15, -0.1) is 0 Å². The predicted molar refractivity (Wildman–Crippen MR) is 94.3 cm³/mol. The molecule has 0 unspecified atom stereocenters. The first kappa shape index (κ1) is 15.6. The van der Waals surface area contributed by atoms with Crippen molar-refractivity contribution in [2.45, 2.75) is 18.7 Å². The van der Waals surface area contributed by atoms with Crippen molar-refractivity contribution in [1.29, 1.82) is 0 Å². The zero-order chi connectivity index (χ0) is 15.9. The summed E-state index contributed by atoms with van der Waals surface area (Å²) in [6.45, 7) is 0.594. The van der Waals surface area contributed by atoms with Gasteiger partial charge in [0.1, 0.15) is 5.65 Å². The van der Waals surface area contributed by atoms with E-state index in [0.717, 1.165) is 28.4 Å². The molecule has 0 aliphatic rings. The number of thioether (sulfide) groups is 1. The largest absolute Gasteiger partial charge is 0.352 e. The molecule has 1 aromatic carbocycles. The Balaban J connectivity index is 1.37. The van der Waals surface area contributed by atoms with Gasteiger partial charge >= 0.3 is 0 Å². The molecule has 0 spiro atoms. The summed E-state index contributed by atoms with van der Waals surface area (Å²) in [6.07, 6.45) is 4.57. The van der Waals surface area contributed by atoms with Crippen LogP contribution in [0.25, 0.3) is 5.65 Å². The van der Waals surface area contributed by atoms with Crippen molar-refractivity contribution in [2.75, 3.05) is 5.75 Å². The number of benzene rings is 1. The molecule has 4 nitrogen and oxygen atoms in total. The van der Waals surface area contributed by atoms with E-state index in [1.165, 1.54) is 0 Å². The maximum absolute atomic E-state index is 11.8. The number of aromatic nitrogens is 2. The molecule has 0 atom stereocenters. The number of nitrogens with one attached hydrogen (secondary N) is 1. The predicted octanol–water partition coefficient (Wildman–Crippen LogP) is 3.27. The number of pyridine rings is 1. The van der Waals surface area contributed by atoms with Crippen molar-refractivity contribution in [1.82, 2.24) is 14.7 Å². The number of nitrogens with zero attached hydrogens (tertiary/aromatic N) is 2. The van der Waals surface area contributed by atoms with Gasteiger partial charge in [0.2, 0.25) is 5.91 Å². The van der Waals surface area contributed by atoms with Crippen LogP contribution in [0.1, 0.15) is 17.7 Å². The summed E-state index contributed by atoms with van der Waals surface area (Å²) < 4.78 is 2.02. The minimum atomic E-state index is 0.0938. The van der Waals surface area contributed by atoms with Gasteiger partial charge in [-0.25, -0.2) is 4.98 Å². The average Bonchev–Trinajstić information content (AvgIpc) is 3.00. The van der Waals surface area contributed by atoms with E-state index in [4.69, 9.17) is 0 Å². The van der Waals surface area contributed by atoms with E-state index < -0.39 is 0 Å². The summed E-state index contributed by atoms with van der Waals surface area (Å²) in [6, 6.07) is 15.9. The Morgan fingerprint density at radius 3 is 2.78 bits per heavy atom. The minimum Gasteiger partial charge on any atom is -0.352 e. The van der Waals surface area contributed by atoms with Crippen LogP contribution < -0.4 is 5.32 Å². The number of hydrogen-bond donors (Lipinski definition) is 1. The Morgan fingerprint density at radius 1 is 1.13 bits per heavy atom. The SMILES string of the molecule is O=C(CCSCc1cn2ccccc2n1)NCc1ccccc1. The molecule has 1 amide bonds. The van der Waals surface area contributed by atoms with Gasteiger partial charge in [-0.2, -0.15) is 11.8 Å². The Hall–Kier alpha value is -2.27.